The zero-order valence-corrected chi connectivity index (χ0v) is 8.94. The van der Waals surface area contributed by atoms with E-state index >= 15 is 0 Å². The second-order valence-corrected chi connectivity index (χ2v) is 3.44. The van der Waals surface area contributed by atoms with Crippen molar-refractivity contribution in [2.45, 2.75) is 6.18 Å². The van der Waals surface area contributed by atoms with Crippen LogP contribution in [0.2, 0.25) is 0 Å². The third kappa shape index (κ3) is 2.30. The van der Waals surface area contributed by atoms with Crippen molar-refractivity contribution >= 4 is 0 Å². The van der Waals surface area contributed by atoms with Gasteiger partial charge in [0.15, 0.2) is 0 Å². The van der Waals surface area contributed by atoms with Gasteiger partial charge in [-0.3, -0.25) is 9.97 Å². The number of hydrogen-bond acceptors (Lipinski definition) is 3. The third-order valence-electron chi connectivity index (χ3n) is 2.25. The standard InChI is InChI=1S/C12H6F3N3/c13-12(14,15)9-2-1-5-17-11(9)10-4-3-8(6-16)7-18-10/h1-5,7H. The molecule has 0 saturated heterocycles. The Morgan fingerprint density at radius 1 is 1.11 bits per heavy atom. The minimum atomic E-state index is -4.49. The molecule has 18 heavy (non-hydrogen) atoms. The Bertz CT molecular complexity index is 597. The molecule has 6 heteroatoms. The monoisotopic (exact) mass is 249 g/mol. The van der Waals surface area contributed by atoms with E-state index < -0.39 is 11.7 Å². The van der Waals surface area contributed by atoms with Gasteiger partial charge in [0, 0.05) is 12.4 Å². The summed E-state index contributed by atoms with van der Waals surface area (Å²) in [7, 11) is 0. The van der Waals surface area contributed by atoms with Gasteiger partial charge in [-0.05, 0) is 24.3 Å². The first kappa shape index (κ1) is 12.0. The van der Waals surface area contributed by atoms with Gasteiger partial charge in [-0.2, -0.15) is 18.4 Å². The van der Waals surface area contributed by atoms with Crippen LogP contribution in [0, 0.1) is 11.3 Å². The minimum absolute atomic E-state index is 0.0851. The Hall–Kier alpha value is -2.42. The summed E-state index contributed by atoms with van der Waals surface area (Å²) in [5.74, 6) is 0. The van der Waals surface area contributed by atoms with Gasteiger partial charge >= 0.3 is 6.18 Å². The smallest absolute Gasteiger partial charge is 0.254 e. The highest BCUT2D eigenvalue weighted by Crippen LogP contribution is 2.34. The Morgan fingerprint density at radius 2 is 1.89 bits per heavy atom. The second kappa shape index (κ2) is 4.45. The van der Waals surface area contributed by atoms with Gasteiger partial charge in [0.1, 0.15) is 11.8 Å². The van der Waals surface area contributed by atoms with Crippen LogP contribution in [0.5, 0.6) is 0 Å². The molecule has 0 aromatic carbocycles. The Labute approximate surface area is 101 Å². The molecule has 0 aliphatic heterocycles. The van der Waals surface area contributed by atoms with Crippen LogP contribution >= 0.6 is 0 Å². The first-order valence-electron chi connectivity index (χ1n) is 4.91. The largest absolute Gasteiger partial charge is 0.418 e. The fraction of sp³-hybridized carbons (Fsp3) is 0.0833. The van der Waals surface area contributed by atoms with Gasteiger partial charge in [0.05, 0.1) is 16.8 Å². The number of halogens is 3. The SMILES string of the molecule is N#Cc1ccc(-c2ncccc2C(F)(F)F)nc1. The maximum Gasteiger partial charge on any atom is 0.418 e. The molecule has 0 spiro atoms. The number of hydrogen-bond donors (Lipinski definition) is 0. The molecule has 90 valence electrons. The first-order valence-corrected chi connectivity index (χ1v) is 4.91. The highest BCUT2D eigenvalue weighted by Gasteiger charge is 2.34. The lowest BCUT2D eigenvalue weighted by Crippen LogP contribution is -2.08. The number of nitrogens with zero attached hydrogens (tertiary/aromatic N) is 3. The van der Waals surface area contributed by atoms with Crippen LogP contribution < -0.4 is 0 Å². The molecule has 0 radical (unpaired) electrons. The topological polar surface area (TPSA) is 49.6 Å². The summed E-state index contributed by atoms with van der Waals surface area (Å²) in [6.45, 7) is 0. The fourth-order valence-electron chi connectivity index (χ4n) is 1.44. The van der Waals surface area contributed by atoms with Gasteiger partial charge in [-0.1, -0.05) is 0 Å². The van der Waals surface area contributed by atoms with E-state index in [1.807, 2.05) is 6.07 Å². The van der Waals surface area contributed by atoms with Gasteiger partial charge in [0.2, 0.25) is 0 Å². The summed E-state index contributed by atoms with van der Waals surface area (Å²) < 4.78 is 38.3. The lowest BCUT2D eigenvalue weighted by molar-refractivity contribution is -0.137. The number of pyridine rings is 2. The van der Waals surface area contributed by atoms with Crippen molar-refractivity contribution in [3.8, 4) is 17.5 Å². The Balaban J connectivity index is 2.54. The molecule has 2 aromatic heterocycles. The van der Waals surface area contributed by atoms with Crippen LogP contribution in [0.1, 0.15) is 11.1 Å². The van der Waals surface area contributed by atoms with Crippen LogP contribution in [-0.4, -0.2) is 9.97 Å². The summed E-state index contributed by atoms with van der Waals surface area (Å²) in [4.78, 5) is 7.51. The van der Waals surface area contributed by atoms with E-state index in [1.165, 1.54) is 30.6 Å². The second-order valence-electron chi connectivity index (χ2n) is 3.44. The van der Waals surface area contributed by atoms with Gasteiger partial charge < -0.3 is 0 Å². The molecule has 3 nitrogen and oxygen atoms in total. The summed E-state index contributed by atoms with van der Waals surface area (Å²) in [5.41, 5.74) is -0.720. The molecule has 0 fully saturated rings. The number of nitriles is 1. The zero-order valence-electron chi connectivity index (χ0n) is 8.94. The average molecular weight is 249 g/mol. The highest BCUT2D eigenvalue weighted by atomic mass is 19.4. The number of aromatic nitrogens is 2. The summed E-state index contributed by atoms with van der Waals surface area (Å²) in [6, 6.07) is 6.75. The Kier molecular flexibility index (Phi) is 2.98. The molecule has 0 aliphatic rings. The Morgan fingerprint density at radius 3 is 2.44 bits per heavy atom. The van der Waals surface area contributed by atoms with Crippen LogP contribution in [0.4, 0.5) is 13.2 Å². The normalized spacial score (nSPS) is 11.0. The molecule has 0 bridgehead atoms. The number of rotatable bonds is 1. The average Bonchev–Trinajstić information content (AvgIpc) is 2.38. The van der Waals surface area contributed by atoms with E-state index in [4.69, 9.17) is 5.26 Å². The van der Waals surface area contributed by atoms with E-state index in [-0.39, 0.29) is 17.0 Å². The lowest BCUT2D eigenvalue weighted by atomic mass is 10.1. The minimum Gasteiger partial charge on any atom is -0.254 e. The predicted molar refractivity (Wildman–Crippen MR) is 57.2 cm³/mol. The number of alkyl halides is 3. The lowest BCUT2D eigenvalue weighted by Gasteiger charge is -2.10. The molecule has 0 aliphatic carbocycles. The van der Waals surface area contributed by atoms with E-state index in [1.54, 1.807) is 0 Å². The van der Waals surface area contributed by atoms with E-state index in [9.17, 15) is 13.2 Å². The predicted octanol–water partition coefficient (Wildman–Crippen LogP) is 3.03. The highest BCUT2D eigenvalue weighted by molar-refractivity contribution is 5.59. The third-order valence-corrected chi connectivity index (χ3v) is 2.25. The molecule has 0 unspecified atom stereocenters. The zero-order chi connectivity index (χ0) is 13.2. The van der Waals surface area contributed by atoms with Crippen LogP contribution in [0.3, 0.4) is 0 Å². The quantitative estimate of drug-likeness (QED) is 0.780. The molecular weight excluding hydrogens is 243 g/mol. The maximum atomic E-state index is 12.8. The van der Waals surface area contributed by atoms with Gasteiger partial charge in [-0.25, -0.2) is 0 Å². The maximum absolute atomic E-state index is 12.8. The molecule has 0 amide bonds. The van der Waals surface area contributed by atoms with Gasteiger partial charge in [0.25, 0.3) is 0 Å². The van der Waals surface area contributed by atoms with E-state index in [2.05, 4.69) is 9.97 Å². The van der Waals surface area contributed by atoms with Crippen molar-refractivity contribution in [2.24, 2.45) is 0 Å². The van der Waals surface area contributed by atoms with Gasteiger partial charge in [-0.15, -0.1) is 0 Å². The molecule has 0 N–H and O–H groups in total. The summed E-state index contributed by atoms with van der Waals surface area (Å²) in [6.07, 6.45) is -2.01. The van der Waals surface area contributed by atoms with Crippen LogP contribution in [0.15, 0.2) is 36.7 Å². The van der Waals surface area contributed by atoms with Crippen molar-refractivity contribution in [3.05, 3.63) is 47.8 Å². The van der Waals surface area contributed by atoms with Crippen molar-refractivity contribution in [2.75, 3.05) is 0 Å². The summed E-state index contributed by atoms with van der Waals surface area (Å²) in [5, 5.41) is 8.60. The van der Waals surface area contributed by atoms with E-state index in [0.717, 1.165) is 6.07 Å². The fourth-order valence-corrected chi connectivity index (χ4v) is 1.44. The molecule has 0 atom stereocenters. The molecule has 0 saturated carbocycles. The summed E-state index contributed by atoms with van der Waals surface area (Å²) >= 11 is 0. The molecular formula is C12H6F3N3. The van der Waals surface area contributed by atoms with Crippen LogP contribution in [-0.2, 0) is 6.18 Å². The van der Waals surface area contributed by atoms with E-state index in [0.29, 0.717) is 0 Å². The molecule has 2 rings (SSSR count). The first-order chi connectivity index (χ1) is 8.52. The van der Waals surface area contributed by atoms with Crippen molar-refractivity contribution < 1.29 is 13.2 Å². The van der Waals surface area contributed by atoms with Crippen molar-refractivity contribution in [3.63, 3.8) is 0 Å². The van der Waals surface area contributed by atoms with Crippen molar-refractivity contribution in [1.29, 1.82) is 5.26 Å². The molecule has 2 heterocycles. The van der Waals surface area contributed by atoms with Crippen LogP contribution in [0.25, 0.3) is 11.4 Å². The molecule has 2 aromatic rings. The van der Waals surface area contributed by atoms with Crippen molar-refractivity contribution in [1.82, 2.24) is 9.97 Å².